The first-order valence-corrected chi connectivity index (χ1v) is 8.41. The Morgan fingerprint density at radius 2 is 1.95 bits per heavy atom. The highest BCUT2D eigenvalue weighted by Crippen LogP contribution is 2.24. The van der Waals surface area contributed by atoms with E-state index in [4.69, 9.17) is 16.3 Å². The molecule has 0 unspecified atom stereocenters. The van der Waals surface area contributed by atoms with E-state index in [-0.39, 0.29) is 15.8 Å². The Labute approximate surface area is 130 Å². The van der Waals surface area contributed by atoms with Crippen LogP contribution in [0.5, 0.6) is 5.75 Å². The van der Waals surface area contributed by atoms with E-state index < -0.39 is 9.84 Å². The van der Waals surface area contributed by atoms with E-state index in [2.05, 4.69) is 20.9 Å². The standard InChI is InChI=1S/C13H11BrClNO3S/c1-19-11-2-4-12(5-3-11)20(17,18)8-9-6-10(14)7-16-13(9)15/h2-7H,8H2,1H3. The van der Waals surface area contributed by atoms with Crippen molar-refractivity contribution in [1.29, 1.82) is 0 Å². The van der Waals surface area contributed by atoms with Crippen molar-refractivity contribution in [3.8, 4) is 5.75 Å². The number of methoxy groups -OCH3 is 1. The van der Waals surface area contributed by atoms with Crippen LogP contribution in [-0.4, -0.2) is 20.5 Å². The van der Waals surface area contributed by atoms with Crippen molar-refractivity contribution in [2.24, 2.45) is 0 Å². The van der Waals surface area contributed by atoms with Gasteiger partial charge in [0.2, 0.25) is 0 Å². The Morgan fingerprint density at radius 1 is 1.30 bits per heavy atom. The summed E-state index contributed by atoms with van der Waals surface area (Å²) in [5, 5.41) is 0.185. The van der Waals surface area contributed by atoms with E-state index in [1.807, 2.05) is 0 Å². The molecule has 1 aromatic carbocycles. The molecule has 0 aliphatic heterocycles. The van der Waals surface area contributed by atoms with Crippen LogP contribution in [0, 0.1) is 0 Å². The van der Waals surface area contributed by atoms with E-state index in [0.29, 0.717) is 15.8 Å². The number of pyridine rings is 1. The minimum atomic E-state index is -3.48. The maximum atomic E-state index is 12.3. The number of benzene rings is 1. The van der Waals surface area contributed by atoms with E-state index in [1.165, 1.54) is 25.4 Å². The summed E-state index contributed by atoms with van der Waals surface area (Å²) in [7, 11) is -1.95. The van der Waals surface area contributed by atoms with Gasteiger partial charge in [-0.2, -0.15) is 0 Å². The highest BCUT2D eigenvalue weighted by atomic mass is 79.9. The molecule has 0 radical (unpaired) electrons. The zero-order valence-electron chi connectivity index (χ0n) is 10.5. The summed E-state index contributed by atoms with van der Waals surface area (Å²) in [6, 6.07) is 7.87. The predicted molar refractivity (Wildman–Crippen MR) is 80.8 cm³/mol. The zero-order chi connectivity index (χ0) is 14.8. The topological polar surface area (TPSA) is 56.3 Å². The van der Waals surface area contributed by atoms with Crippen molar-refractivity contribution in [2.75, 3.05) is 7.11 Å². The lowest BCUT2D eigenvalue weighted by molar-refractivity contribution is 0.414. The predicted octanol–water partition coefficient (Wildman–Crippen LogP) is 3.48. The molecule has 0 fully saturated rings. The molecule has 0 amide bonds. The van der Waals surface area contributed by atoms with E-state index in [0.717, 1.165) is 0 Å². The number of hydrogen-bond donors (Lipinski definition) is 0. The van der Waals surface area contributed by atoms with Crippen LogP contribution >= 0.6 is 27.5 Å². The first kappa shape index (κ1) is 15.3. The summed E-state index contributed by atoms with van der Waals surface area (Å²) >= 11 is 9.17. The number of aromatic nitrogens is 1. The molecule has 0 saturated carbocycles. The average molecular weight is 377 g/mol. The summed E-state index contributed by atoms with van der Waals surface area (Å²) < 4.78 is 30.3. The highest BCUT2D eigenvalue weighted by Gasteiger charge is 2.18. The fraction of sp³-hybridized carbons (Fsp3) is 0.154. The van der Waals surface area contributed by atoms with Crippen LogP contribution < -0.4 is 4.74 Å². The molecule has 0 N–H and O–H groups in total. The summed E-state index contributed by atoms with van der Waals surface area (Å²) in [5.41, 5.74) is 0.455. The molecule has 106 valence electrons. The molecule has 4 nitrogen and oxygen atoms in total. The normalized spacial score (nSPS) is 11.3. The molecule has 1 aromatic heterocycles. The maximum Gasteiger partial charge on any atom is 0.182 e. The zero-order valence-corrected chi connectivity index (χ0v) is 13.7. The molecule has 7 heteroatoms. The van der Waals surface area contributed by atoms with Gasteiger partial charge in [0, 0.05) is 16.2 Å². The first-order chi connectivity index (χ1) is 9.42. The van der Waals surface area contributed by atoms with Crippen LogP contribution in [0.3, 0.4) is 0 Å². The Hall–Kier alpha value is -1.11. The minimum absolute atomic E-state index is 0.185. The quantitative estimate of drug-likeness (QED) is 0.767. The van der Waals surface area contributed by atoms with Crippen LogP contribution in [0.2, 0.25) is 5.15 Å². The van der Waals surface area contributed by atoms with Gasteiger partial charge in [-0.15, -0.1) is 0 Å². The second-order valence-electron chi connectivity index (χ2n) is 4.04. The van der Waals surface area contributed by atoms with E-state index in [1.54, 1.807) is 18.2 Å². The van der Waals surface area contributed by atoms with Crippen LogP contribution in [0.15, 0.2) is 45.9 Å². The first-order valence-electron chi connectivity index (χ1n) is 5.59. The molecular weight excluding hydrogens is 366 g/mol. The number of rotatable bonds is 4. The second-order valence-corrected chi connectivity index (χ2v) is 7.30. The Kier molecular flexibility index (Phi) is 4.67. The number of ether oxygens (including phenoxy) is 1. The van der Waals surface area contributed by atoms with Gasteiger partial charge in [-0.05, 0) is 46.3 Å². The Bertz CT molecular complexity index is 717. The number of hydrogen-bond acceptors (Lipinski definition) is 4. The lowest BCUT2D eigenvalue weighted by Crippen LogP contribution is -2.06. The molecule has 0 saturated heterocycles. The molecule has 0 bridgehead atoms. The van der Waals surface area contributed by atoms with Crippen molar-refractivity contribution < 1.29 is 13.2 Å². The molecule has 1 heterocycles. The van der Waals surface area contributed by atoms with Gasteiger partial charge < -0.3 is 4.74 Å². The number of sulfone groups is 1. The molecule has 2 rings (SSSR count). The van der Waals surface area contributed by atoms with Gasteiger partial charge in [0.25, 0.3) is 0 Å². The van der Waals surface area contributed by atoms with Gasteiger partial charge >= 0.3 is 0 Å². The molecule has 0 spiro atoms. The molecule has 2 aromatic rings. The fourth-order valence-corrected chi connectivity index (χ4v) is 3.61. The van der Waals surface area contributed by atoms with E-state index >= 15 is 0 Å². The number of halogens is 2. The third-order valence-corrected chi connectivity index (χ3v) is 5.10. The molecule has 20 heavy (non-hydrogen) atoms. The van der Waals surface area contributed by atoms with Gasteiger partial charge in [0.15, 0.2) is 9.84 Å². The molecule has 0 atom stereocenters. The Morgan fingerprint density at radius 3 is 2.55 bits per heavy atom. The number of nitrogens with zero attached hydrogens (tertiary/aromatic N) is 1. The van der Waals surface area contributed by atoms with Crippen molar-refractivity contribution in [3.05, 3.63) is 51.7 Å². The van der Waals surface area contributed by atoms with Crippen LogP contribution in [0.1, 0.15) is 5.56 Å². The van der Waals surface area contributed by atoms with Gasteiger partial charge in [0.1, 0.15) is 10.9 Å². The van der Waals surface area contributed by atoms with Crippen LogP contribution in [0.25, 0.3) is 0 Å². The van der Waals surface area contributed by atoms with Gasteiger partial charge in [0.05, 0.1) is 17.8 Å². The fourth-order valence-electron chi connectivity index (χ4n) is 1.64. The molecule has 0 aliphatic carbocycles. The van der Waals surface area contributed by atoms with Crippen molar-refractivity contribution in [2.45, 2.75) is 10.6 Å². The van der Waals surface area contributed by atoms with E-state index in [9.17, 15) is 8.42 Å². The van der Waals surface area contributed by atoms with Gasteiger partial charge in [-0.25, -0.2) is 13.4 Å². The SMILES string of the molecule is COc1ccc(S(=O)(=O)Cc2cc(Br)cnc2Cl)cc1. The maximum absolute atomic E-state index is 12.3. The monoisotopic (exact) mass is 375 g/mol. The van der Waals surface area contributed by atoms with Crippen molar-refractivity contribution >= 4 is 37.4 Å². The minimum Gasteiger partial charge on any atom is -0.497 e. The van der Waals surface area contributed by atoms with Crippen LogP contribution in [-0.2, 0) is 15.6 Å². The molecular formula is C13H11BrClNO3S. The lowest BCUT2D eigenvalue weighted by Gasteiger charge is -2.07. The highest BCUT2D eigenvalue weighted by molar-refractivity contribution is 9.10. The van der Waals surface area contributed by atoms with Gasteiger partial charge in [-0.1, -0.05) is 11.6 Å². The smallest absolute Gasteiger partial charge is 0.182 e. The third kappa shape index (κ3) is 3.50. The largest absolute Gasteiger partial charge is 0.497 e. The summed E-state index contributed by atoms with van der Waals surface area (Å²) in [4.78, 5) is 4.13. The Balaban J connectivity index is 2.32. The van der Waals surface area contributed by atoms with Gasteiger partial charge in [-0.3, -0.25) is 0 Å². The average Bonchev–Trinajstić information content (AvgIpc) is 2.43. The van der Waals surface area contributed by atoms with Crippen molar-refractivity contribution in [1.82, 2.24) is 4.98 Å². The summed E-state index contributed by atoms with van der Waals surface area (Å²) in [6.07, 6.45) is 1.52. The van der Waals surface area contributed by atoms with Crippen molar-refractivity contribution in [3.63, 3.8) is 0 Å². The van der Waals surface area contributed by atoms with Crippen LogP contribution in [0.4, 0.5) is 0 Å². The molecule has 0 aliphatic rings. The third-order valence-electron chi connectivity index (χ3n) is 2.64. The summed E-state index contributed by atoms with van der Waals surface area (Å²) in [6.45, 7) is 0. The lowest BCUT2D eigenvalue weighted by atomic mass is 10.3. The second kappa shape index (κ2) is 6.11. The summed E-state index contributed by atoms with van der Waals surface area (Å²) in [5.74, 6) is 0.399.